The van der Waals surface area contributed by atoms with Crippen LogP contribution in [0.2, 0.25) is 0 Å². The van der Waals surface area contributed by atoms with E-state index in [-0.39, 0.29) is 5.75 Å². The van der Waals surface area contributed by atoms with Crippen molar-refractivity contribution in [3.8, 4) is 0 Å². The predicted molar refractivity (Wildman–Crippen MR) is 39.4 cm³/mol. The molecule has 0 aromatic rings. The van der Waals surface area contributed by atoms with Crippen LogP contribution in [-0.2, 0) is 14.8 Å². The first-order valence-corrected chi connectivity index (χ1v) is 4.88. The minimum Gasteiger partial charge on any atom is -0.280 e. The Morgan fingerprint density at radius 3 is 2.22 bits per heavy atom. The van der Waals surface area contributed by atoms with Gasteiger partial charge in [0.2, 0.25) is 5.24 Å². The summed E-state index contributed by atoms with van der Waals surface area (Å²) in [4.78, 5) is 10.1. The fraction of sp³-hybridized carbons (Fsp3) is 0.667. The molecule has 0 heterocycles. The Hall–Kier alpha value is 0.690. The van der Waals surface area contributed by atoms with Crippen LogP contribution in [0.5, 0.6) is 0 Å². The van der Waals surface area contributed by atoms with Gasteiger partial charge < -0.3 is 0 Å². The van der Waals surface area contributed by atoms with Gasteiger partial charge in [0, 0.05) is 0 Å². The summed E-state index contributed by atoms with van der Waals surface area (Å²) in [5.41, 5.74) is 0. The topological polar surface area (TPSA) is 34.1 Å². The SMILES string of the molecule is O=C(Cl)C(Cl)CS(=O)Cl. The summed E-state index contributed by atoms with van der Waals surface area (Å²) in [5.74, 6) is -0.106. The van der Waals surface area contributed by atoms with Gasteiger partial charge in [-0.15, -0.1) is 11.6 Å². The van der Waals surface area contributed by atoms with Crippen molar-refractivity contribution in [2.24, 2.45) is 0 Å². The lowest BCUT2D eigenvalue weighted by Crippen LogP contribution is -2.14. The molecule has 0 fully saturated rings. The van der Waals surface area contributed by atoms with E-state index in [9.17, 15) is 9.00 Å². The molecule has 0 saturated heterocycles. The van der Waals surface area contributed by atoms with Gasteiger partial charge in [0.25, 0.3) is 0 Å². The van der Waals surface area contributed by atoms with Gasteiger partial charge in [-0.3, -0.25) is 4.79 Å². The summed E-state index contributed by atoms with van der Waals surface area (Å²) in [6.45, 7) is 0. The van der Waals surface area contributed by atoms with E-state index >= 15 is 0 Å². The zero-order valence-electron chi connectivity index (χ0n) is 4.14. The lowest BCUT2D eigenvalue weighted by molar-refractivity contribution is -0.111. The van der Waals surface area contributed by atoms with Gasteiger partial charge in [-0.25, -0.2) is 4.21 Å². The minimum atomic E-state index is -1.58. The first kappa shape index (κ1) is 9.69. The molecule has 0 amide bonds. The summed E-state index contributed by atoms with van der Waals surface area (Å²) in [7, 11) is 3.41. The van der Waals surface area contributed by atoms with Crippen molar-refractivity contribution < 1.29 is 9.00 Å². The quantitative estimate of drug-likeness (QED) is 0.518. The molecule has 6 heteroatoms. The highest BCUT2D eigenvalue weighted by Crippen LogP contribution is 2.04. The number of carbonyl (C=O) groups is 1. The van der Waals surface area contributed by atoms with Gasteiger partial charge in [-0.1, -0.05) is 0 Å². The maximum absolute atomic E-state index is 10.1. The average molecular weight is 209 g/mol. The first-order valence-electron chi connectivity index (χ1n) is 1.92. The molecule has 0 bridgehead atoms. The third-order valence-corrected chi connectivity index (χ3v) is 2.41. The highest BCUT2D eigenvalue weighted by atomic mass is 35.7. The van der Waals surface area contributed by atoms with Crippen LogP contribution in [0.4, 0.5) is 0 Å². The van der Waals surface area contributed by atoms with Gasteiger partial charge in [0.1, 0.15) is 15.4 Å². The van der Waals surface area contributed by atoms with E-state index in [4.69, 9.17) is 33.9 Å². The smallest absolute Gasteiger partial charge is 0.240 e. The molecule has 2 nitrogen and oxygen atoms in total. The molecule has 0 aliphatic heterocycles. The van der Waals surface area contributed by atoms with E-state index < -0.39 is 20.6 Å². The molecule has 0 saturated carbocycles. The summed E-state index contributed by atoms with van der Waals surface area (Å²) < 4.78 is 10.1. The summed E-state index contributed by atoms with van der Waals surface area (Å²) >= 11 is 10.2. The lowest BCUT2D eigenvalue weighted by atomic mass is 10.5. The molecule has 2 unspecified atom stereocenters. The number of hydrogen-bond donors (Lipinski definition) is 0. The Bertz CT molecular complexity index is 137. The summed E-state index contributed by atoms with van der Waals surface area (Å²) in [6.07, 6.45) is 0. The van der Waals surface area contributed by atoms with Crippen molar-refractivity contribution in [3.05, 3.63) is 0 Å². The second-order valence-corrected chi connectivity index (χ2v) is 4.07. The van der Waals surface area contributed by atoms with Gasteiger partial charge in [-0.2, -0.15) is 0 Å². The van der Waals surface area contributed by atoms with Crippen LogP contribution >= 0.6 is 33.9 Å². The fourth-order valence-electron chi connectivity index (χ4n) is 0.181. The minimum absolute atomic E-state index is 0.106. The Labute approximate surface area is 69.4 Å². The molecule has 0 N–H and O–H groups in total. The van der Waals surface area contributed by atoms with E-state index in [0.717, 1.165) is 0 Å². The van der Waals surface area contributed by atoms with Gasteiger partial charge >= 0.3 is 0 Å². The van der Waals surface area contributed by atoms with Crippen LogP contribution in [0.25, 0.3) is 0 Å². The predicted octanol–water partition coefficient (Wildman–Crippen LogP) is 1.26. The highest BCUT2D eigenvalue weighted by Gasteiger charge is 2.14. The van der Waals surface area contributed by atoms with Gasteiger partial charge in [0.15, 0.2) is 0 Å². The Kier molecular flexibility index (Phi) is 4.84. The molecular weight excluding hydrogens is 206 g/mol. The molecule has 9 heavy (non-hydrogen) atoms. The number of carbonyl (C=O) groups excluding carboxylic acids is 1. The van der Waals surface area contributed by atoms with Crippen molar-refractivity contribution in [1.29, 1.82) is 0 Å². The monoisotopic (exact) mass is 208 g/mol. The molecule has 0 aliphatic carbocycles. The van der Waals surface area contributed by atoms with E-state index in [0.29, 0.717) is 0 Å². The molecule has 0 rings (SSSR count). The van der Waals surface area contributed by atoms with E-state index in [1.165, 1.54) is 0 Å². The third kappa shape index (κ3) is 5.15. The summed E-state index contributed by atoms with van der Waals surface area (Å²) in [6, 6.07) is 0. The van der Waals surface area contributed by atoms with Crippen LogP contribution < -0.4 is 0 Å². The Morgan fingerprint density at radius 2 is 2.11 bits per heavy atom. The zero-order valence-corrected chi connectivity index (χ0v) is 7.23. The lowest BCUT2D eigenvalue weighted by Gasteiger charge is -1.96. The fourth-order valence-corrected chi connectivity index (χ4v) is 1.65. The van der Waals surface area contributed by atoms with Crippen LogP contribution in [0.3, 0.4) is 0 Å². The second kappa shape index (κ2) is 4.50. The molecule has 54 valence electrons. The zero-order chi connectivity index (χ0) is 7.44. The molecular formula is C3H3Cl3O2S. The van der Waals surface area contributed by atoms with E-state index in [2.05, 4.69) is 0 Å². The first-order chi connectivity index (χ1) is 4.04. The molecule has 0 radical (unpaired) electrons. The number of hydrogen-bond acceptors (Lipinski definition) is 2. The van der Waals surface area contributed by atoms with Crippen LogP contribution in [-0.4, -0.2) is 20.6 Å². The van der Waals surface area contributed by atoms with Crippen molar-refractivity contribution in [3.63, 3.8) is 0 Å². The summed E-state index contributed by atoms with van der Waals surface area (Å²) in [5, 5.41) is -1.67. The molecule has 0 aliphatic rings. The molecule has 0 aromatic heterocycles. The largest absolute Gasteiger partial charge is 0.280 e. The van der Waals surface area contributed by atoms with Crippen molar-refractivity contribution in [1.82, 2.24) is 0 Å². The molecule has 0 aromatic carbocycles. The van der Waals surface area contributed by atoms with Crippen LogP contribution in [0, 0.1) is 0 Å². The Morgan fingerprint density at radius 1 is 1.67 bits per heavy atom. The third-order valence-electron chi connectivity index (χ3n) is 0.524. The van der Waals surface area contributed by atoms with E-state index in [1.807, 2.05) is 0 Å². The maximum atomic E-state index is 10.1. The molecule has 0 spiro atoms. The van der Waals surface area contributed by atoms with Crippen molar-refractivity contribution >= 4 is 49.1 Å². The normalized spacial score (nSPS) is 16.8. The van der Waals surface area contributed by atoms with Crippen molar-refractivity contribution in [2.75, 3.05) is 5.75 Å². The number of alkyl halides is 1. The van der Waals surface area contributed by atoms with Crippen LogP contribution in [0.1, 0.15) is 0 Å². The van der Waals surface area contributed by atoms with E-state index in [1.54, 1.807) is 0 Å². The Balaban J connectivity index is 3.63. The highest BCUT2D eigenvalue weighted by molar-refractivity contribution is 8.08. The second-order valence-electron chi connectivity index (χ2n) is 1.23. The number of rotatable bonds is 3. The number of halogens is 3. The standard InChI is InChI=1S/C3H3Cl3O2S/c4-2(3(5)7)1-9(6)8/h2H,1H2. The van der Waals surface area contributed by atoms with Gasteiger partial charge in [0.05, 0.1) is 5.75 Å². The average Bonchev–Trinajstić information content (AvgIpc) is 1.63. The van der Waals surface area contributed by atoms with Crippen LogP contribution in [0.15, 0.2) is 0 Å². The van der Waals surface area contributed by atoms with Crippen molar-refractivity contribution in [2.45, 2.75) is 5.38 Å². The van der Waals surface area contributed by atoms with Gasteiger partial charge in [-0.05, 0) is 22.3 Å². The molecule has 2 atom stereocenters. The maximum Gasteiger partial charge on any atom is 0.240 e.